The second kappa shape index (κ2) is 9.11. The minimum absolute atomic E-state index is 0.0564. The van der Waals surface area contributed by atoms with Gasteiger partial charge in [-0.1, -0.05) is 35.3 Å². The van der Waals surface area contributed by atoms with E-state index in [0.717, 1.165) is 31.5 Å². The van der Waals surface area contributed by atoms with E-state index in [0.29, 0.717) is 27.8 Å². The molecule has 1 aliphatic heterocycles. The summed E-state index contributed by atoms with van der Waals surface area (Å²) in [4.78, 5) is 26.7. The minimum Gasteiger partial charge on any atom is -0.376 e. The van der Waals surface area contributed by atoms with E-state index >= 15 is 0 Å². The van der Waals surface area contributed by atoms with Crippen molar-refractivity contribution in [1.82, 2.24) is 10.2 Å². The number of benzene rings is 2. The molecular weight excluding hydrogens is 385 g/mol. The SMILES string of the molecule is O=C(CNc1ccc(Cl)cc1C(=O)N1CCCC1)NCc1ccc(Cl)cc1. The quantitative estimate of drug-likeness (QED) is 0.764. The van der Waals surface area contributed by atoms with Crippen LogP contribution >= 0.6 is 23.2 Å². The van der Waals surface area contributed by atoms with Gasteiger partial charge < -0.3 is 15.5 Å². The van der Waals surface area contributed by atoms with Gasteiger partial charge >= 0.3 is 0 Å². The molecule has 1 heterocycles. The van der Waals surface area contributed by atoms with Crippen LogP contribution in [0.2, 0.25) is 10.0 Å². The smallest absolute Gasteiger partial charge is 0.256 e. The third-order valence-corrected chi connectivity index (χ3v) is 4.93. The van der Waals surface area contributed by atoms with Crippen LogP contribution in [-0.2, 0) is 11.3 Å². The van der Waals surface area contributed by atoms with Crippen molar-refractivity contribution in [3.8, 4) is 0 Å². The van der Waals surface area contributed by atoms with Gasteiger partial charge in [-0.25, -0.2) is 0 Å². The van der Waals surface area contributed by atoms with Crippen LogP contribution in [0.4, 0.5) is 5.69 Å². The van der Waals surface area contributed by atoms with Crippen molar-refractivity contribution in [1.29, 1.82) is 0 Å². The molecule has 0 spiro atoms. The van der Waals surface area contributed by atoms with Crippen LogP contribution in [0.3, 0.4) is 0 Å². The van der Waals surface area contributed by atoms with Crippen LogP contribution in [0.15, 0.2) is 42.5 Å². The Bertz CT molecular complexity index is 818. The van der Waals surface area contributed by atoms with Crippen molar-refractivity contribution in [2.75, 3.05) is 25.0 Å². The molecule has 0 unspecified atom stereocenters. The van der Waals surface area contributed by atoms with Crippen LogP contribution in [0.1, 0.15) is 28.8 Å². The lowest BCUT2D eigenvalue weighted by Crippen LogP contribution is -2.31. The number of rotatable bonds is 6. The molecule has 0 aromatic heterocycles. The molecule has 0 atom stereocenters. The maximum atomic E-state index is 12.7. The highest BCUT2D eigenvalue weighted by atomic mass is 35.5. The second-order valence-corrected chi connectivity index (χ2v) is 7.32. The van der Waals surface area contributed by atoms with E-state index in [2.05, 4.69) is 10.6 Å². The standard InChI is InChI=1S/C20H21Cl2N3O2/c21-15-5-3-14(4-6-15)12-24-19(26)13-23-18-8-7-16(22)11-17(18)20(27)25-9-1-2-10-25/h3-8,11,23H,1-2,9-10,12-13H2,(H,24,26). The molecule has 142 valence electrons. The highest BCUT2D eigenvalue weighted by Gasteiger charge is 2.22. The van der Waals surface area contributed by atoms with Crippen molar-refractivity contribution >= 4 is 40.7 Å². The topological polar surface area (TPSA) is 61.4 Å². The Morgan fingerprint density at radius 3 is 2.33 bits per heavy atom. The third-order valence-electron chi connectivity index (χ3n) is 4.45. The average molecular weight is 406 g/mol. The van der Waals surface area contributed by atoms with Gasteiger partial charge in [-0.05, 0) is 48.7 Å². The lowest BCUT2D eigenvalue weighted by molar-refractivity contribution is -0.119. The highest BCUT2D eigenvalue weighted by molar-refractivity contribution is 6.31. The Kier molecular flexibility index (Phi) is 6.58. The van der Waals surface area contributed by atoms with E-state index in [1.54, 1.807) is 30.3 Å². The van der Waals surface area contributed by atoms with E-state index in [4.69, 9.17) is 23.2 Å². The van der Waals surface area contributed by atoms with Gasteiger partial charge in [0, 0.05) is 35.4 Å². The molecule has 1 saturated heterocycles. The first-order valence-electron chi connectivity index (χ1n) is 8.87. The van der Waals surface area contributed by atoms with Gasteiger partial charge in [-0.3, -0.25) is 9.59 Å². The number of hydrogen-bond acceptors (Lipinski definition) is 3. The minimum atomic E-state index is -0.167. The molecule has 0 bridgehead atoms. The molecule has 0 aliphatic carbocycles. The predicted molar refractivity (Wildman–Crippen MR) is 108 cm³/mol. The number of hydrogen-bond donors (Lipinski definition) is 2. The van der Waals surface area contributed by atoms with Gasteiger partial charge in [-0.15, -0.1) is 0 Å². The summed E-state index contributed by atoms with van der Waals surface area (Å²) in [6.07, 6.45) is 2.03. The molecule has 7 heteroatoms. The van der Waals surface area contributed by atoms with Crippen LogP contribution in [0.5, 0.6) is 0 Å². The predicted octanol–water partition coefficient (Wildman–Crippen LogP) is 3.96. The van der Waals surface area contributed by atoms with Crippen molar-refractivity contribution in [3.63, 3.8) is 0 Å². The molecule has 1 aliphatic rings. The molecule has 0 saturated carbocycles. The van der Waals surface area contributed by atoms with Gasteiger partial charge in [0.2, 0.25) is 5.91 Å². The molecule has 27 heavy (non-hydrogen) atoms. The summed E-state index contributed by atoms with van der Waals surface area (Å²) in [5.74, 6) is -0.224. The summed E-state index contributed by atoms with van der Waals surface area (Å²) in [6, 6.07) is 12.4. The Morgan fingerprint density at radius 1 is 0.963 bits per heavy atom. The first-order chi connectivity index (χ1) is 13.0. The maximum absolute atomic E-state index is 12.7. The number of carbonyl (C=O) groups is 2. The lowest BCUT2D eigenvalue weighted by atomic mass is 10.1. The molecule has 0 radical (unpaired) electrons. The zero-order valence-electron chi connectivity index (χ0n) is 14.8. The van der Waals surface area contributed by atoms with Gasteiger partial charge in [0.1, 0.15) is 0 Å². The van der Waals surface area contributed by atoms with E-state index < -0.39 is 0 Å². The Labute approximate surface area is 168 Å². The summed E-state index contributed by atoms with van der Waals surface area (Å²) in [5.41, 5.74) is 2.07. The molecule has 2 amide bonds. The fourth-order valence-electron chi connectivity index (χ4n) is 2.98. The zero-order chi connectivity index (χ0) is 19.2. The molecule has 2 aromatic carbocycles. The van der Waals surface area contributed by atoms with Crippen LogP contribution in [-0.4, -0.2) is 36.3 Å². The van der Waals surface area contributed by atoms with Crippen molar-refractivity contribution in [2.45, 2.75) is 19.4 Å². The first kappa shape index (κ1) is 19.5. The summed E-state index contributed by atoms with van der Waals surface area (Å²) in [5, 5.41) is 7.04. The van der Waals surface area contributed by atoms with Gasteiger partial charge in [0.15, 0.2) is 0 Å². The Morgan fingerprint density at radius 2 is 1.63 bits per heavy atom. The average Bonchev–Trinajstić information content (AvgIpc) is 3.20. The number of nitrogens with one attached hydrogen (secondary N) is 2. The molecule has 3 rings (SSSR count). The van der Waals surface area contributed by atoms with E-state index in [1.165, 1.54) is 0 Å². The largest absolute Gasteiger partial charge is 0.376 e. The van der Waals surface area contributed by atoms with Gasteiger partial charge in [-0.2, -0.15) is 0 Å². The van der Waals surface area contributed by atoms with Crippen molar-refractivity contribution in [2.24, 2.45) is 0 Å². The number of nitrogens with zero attached hydrogens (tertiary/aromatic N) is 1. The molecule has 5 nitrogen and oxygen atoms in total. The van der Waals surface area contributed by atoms with Crippen LogP contribution < -0.4 is 10.6 Å². The number of amides is 2. The first-order valence-corrected chi connectivity index (χ1v) is 9.62. The summed E-state index contributed by atoms with van der Waals surface area (Å²) >= 11 is 11.9. The summed E-state index contributed by atoms with van der Waals surface area (Å²) in [7, 11) is 0. The van der Waals surface area contributed by atoms with Crippen LogP contribution in [0, 0.1) is 0 Å². The van der Waals surface area contributed by atoms with Crippen molar-refractivity contribution < 1.29 is 9.59 Å². The van der Waals surface area contributed by atoms with Crippen LogP contribution in [0.25, 0.3) is 0 Å². The number of halogens is 2. The number of likely N-dealkylation sites (tertiary alicyclic amines) is 1. The second-order valence-electron chi connectivity index (χ2n) is 6.45. The van der Waals surface area contributed by atoms with Crippen molar-refractivity contribution in [3.05, 3.63) is 63.6 Å². The summed E-state index contributed by atoms with van der Waals surface area (Å²) in [6.45, 7) is 1.99. The number of carbonyl (C=O) groups excluding carboxylic acids is 2. The highest BCUT2D eigenvalue weighted by Crippen LogP contribution is 2.24. The Hall–Kier alpha value is -2.24. The lowest BCUT2D eigenvalue weighted by Gasteiger charge is -2.18. The summed E-state index contributed by atoms with van der Waals surface area (Å²) < 4.78 is 0. The van der Waals surface area contributed by atoms with E-state index in [-0.39, 0.29) is 18.4 Å². The molecule has 2 aromatic rings. The third kappa shape index (κ3) is 5.37. The van der Waals surface area contributed by atoms with E-state index in [1.807, 2.05) is 17.0 Å². The maximum Gasteiger partial charge on any atom is 0.256 e. The Balaban J connectivity index is 1.59. The fourth-order valence-corrected chi connectivity index (χ4v) is 3.28. The molecular formula is C20H21Cl2N3O2. The molecule has 1 fully saturated rings. The molecule has 2 N–H and O–H groups in total. The van der Waals surface area contributed by atoms with Gasteiger partial charge in [0.05, 0.1) is 12.1 Å². The normalized spacial score (nSPS) is 13.5. The monoisotopic (exact) mass is 405 g/mol. The number of anilines is 1. The zero-order valence-corrected chi connectivity index (χ0v) is 16.3. The van der Waals surface area contributed by atoms with E-state index in [9.17, 15) is 9.59 Å². The fraction of sp³-hybridized carbons (Fsp3) is 0.300. The van der Waals surface area contributed by atoms with Gasteiger partial charge in [0.25, 0.3) is 5.91 Å².